The average Bonchev–Trinajstić information content (AvgIpc) is 3.19. The highest BCUT2D eigenvalue weighted by Crippen LogP contribution is 2.50. The van der Waals surface area contributed by atoms with Crippen molar-refractivity contribution in [3.63, 3.8) is 0 Å². The number of sulfonamides is 1. The molecule has 0 amide bonds. The monoisotopic (exact) mass is 395 g/mol. The van der Waals surface area contributed by atoms with Gasteiger partial charge in [0.25, 0.3) is 0 Å². The highest BCUT2D eigenvalue weighted by Gasteiger charge is 2.52. The van der Waals surface area contributed by atoms with Crippen LogP contribution in [-0.2, 0) is 16.4 Å². The maximum atomic E-state index is 13.2. The molecule has 1 saturated heterocycles. The smallest absolute Gasteiger partial charge is 0.207 e. The zero-order valence-electron chi connectivity index (χ0n) is 13.6. The van der Waals surface area contributed by atoms with Gasteiger partial charge in [-0.15, -0.1) is 23.2 Å². The summed E-state index contributed by atoms with van der Waals surface area (Å²) in [4.78, 5) is 0.336. The molecular formula is C19H19Cl2NO2S. The standard InChI is InChI=1S/C19H19Cl2NO2S/c20-11-17(21)16-12-22(25(23,24)14-7-2-1-3-8-14)18-10-13-6-4-5-9-15(13)19(16)18/h1-9,16-19H,10-12H2. The van der Waals surface area contributed by atoms with Crippen LogP contribution < -0.4 is 0 Å². The Bertz CT molecular complexity index is 872. The quantitative estimate of drug-likeness (QED) is 0.736. The largest absolute Gasteiger partial charge is 0.243 e. The van der Waals surface area contributed by atoms with Crippen molar-refractivity contribution < 1.29 is 8.42 Å². The molecule has 3 nitrogen and oxygen atoms in total. The van der Waals surface area contributed by atoms with Gasteiger partial charge in [0.2, 0.25) is 10.0 Å². The molecule has 4 unspecified atom stereocenters. The SMILES string of the molecule is O=S(=O)(c1ccccc1)N1CC(C(Cl)CCl)C2c3ccccc3CC21. The number of hydrogen-bond acceptors (Lipinski definition) is 2. The van der Waals surface area contributed by atoms with E-state index in [2.05, 4.69) is 12.1 Å². The van der Waals surface area contributed by atoms with Gasteiger partial charge < -0.3 is 0 Å². The molecule has 132 valence electrons. The highest BCUT2D eigenvalue weighted by molar-refractivity contribution is 7.89. The van der Waals surface area contributed by atoms with Crippen LogP contribution in [0.25, 0.3) is 0 Å². The molecule has 0 N–H and O–H groups in total. The predicted molar refractivity (Wildman–Crippen MR) is 101 cm³/mol. The molecule has 2 aromatic rings. The summed E-state index contributed by atoms with van der Waals surface area (Å²) in [6.07, 6.45) is 0.731. The van der Waals surface area contributed by atoms with Crippen LogP contribution in [0.5, 0.6) is 0 Å². The van der Waals surface area contributed by atoms with E-state index in [1.807, 2.05) is 18.2 Å². The summed E-state index contributed by atoms with van der Waals surface area (Å²) < 4.78 is 28.1. The lowest BCUT2D eigenvalue weighted by molar-refractivity contribution is 0.383. The topological polar surface area (TPSA) is 37.4 Å². The third-order valence-corrected chi connectivity index (χ3v) is 8.32. The minimum absolute atomic E-state index is 0.0197. The number of hydrogen-bond donors (Lipinski definition) is 0. The van der Waals surface area contributed by atoms with E-state index in [0.717, 1.165) is 6.42 Å². The fourth-order valence-electron chi connectivity index (χ4n) is 4.32. The normalized spacial score (nSPS) is 27.0. The summed E-state index contributed by atoms with van der Waals surface area (Å²) in [5.41, 5.74) is 2.44. The highest BCUT2D eigenvalue weighted by atomic mass is 35.5. The van der Waals surface area contributed by atoms with E-state index in [0.29, 0.717) is 17.3 Å². The van der Waals surface area contributed by atoms with Crippen LogP contribution in [0.3, 0.4) is 0 Å². The van der Waals surface area contributed by atoms with Gasteiger partial charge in [0.05, 0.1) is 10.3 Å². The number of rotatable bonds is 4. The van der Waals surface area contributed by atoms with E-state index in [1.165, 1.54) is 11.1 Å². The molecule has 0 bridgehead atoms. The molecule has 0 saturated carbocycles. The van der Waals surface area contributed by atoms with E-state index in [4.69, 9.17) is 23.2 Å². The van der Waals surface area contributed by atoms with Gasteiger partial charge in [-0.1, -0.05) is 42.5 Å². The van der Waals surface area contributed by atoms with Gasteiger partial charge in [0.1, 0.15) is 0 Å². The molecule has 0 aromatic heterocycles. The summed E-state index contributed by atoms with van der Waals surface area (Å²) in [5.74, 6) is 0.443. The van der Waals surface area contributed by atoms with Gasteiger partial charge >= 0.3 is 0 Å². The maximum absolute atomic E-state index is 13.2. The zero-order chi connectivity index (χ0) is 17.6. The molecule has 0 radical (unpaired) electrons. The second-order valence-corrected chi connectivity index (χ2v) is 9.48. The summed E-state index contributed by atoms with van der Waals surface area (Å²) in [5, 5.41) is -0.253. The summed E-state index contributed by atoms with van der Waals surface area (Å²) >= 11 is 12.5. The van der Waals surface area contributed by atoms with Crippen molar-refractivity contribution in [2.75, 3.05) is 12.4 Å². The Morgan fingerprint density at radius 3 is 2.48 bits per heavy atom. The van der Waals surface area contributed by atoms with Crippen molar-refractivity contribution in [1.29, 1.82) is 0 Å². The van der Waals surface area contributed by atoms with Gasteiger partial charge in [-0.3, -0.25) is 0 Å². The van der Waals surface area contributed by atoms with Gasteiger partial charge in [-0.2, -0.15) is 4.31 Å². The summed E-state index contributed by atoms with van der Waals surface area (Å²) in [6, 6.07) is 16.8. The first-order valence-electron chi connectivity index (χ1n) is 8.38. The van der Waals surface area contributed by atoms with E-state index < -0.39 is 10.0 Å². The lowest BCUT2D eigenvalue weighted by Gasteiger charge is -2.23. The van der Waals surface area contributed by atoms with Crippen molar-refractivity contribution >= 4 is 33.2 Å². The van der Waals surface area contributed by atoms with Crippen molar-refractivity contribution in [2.45, 2.75) is 28.7 Å². The zero-order valence-corrected chi connectivity index (χ0v) is 15.9. The maximum Gasteiger partial charge on any atom is 0.243 e. The van der Waals surface area contributed by atoms with Crippen molar-refractivity contribution in [3.8, 4) is 0 Å². The summed E-state index contributed by atoms with van der Waals surface area (Å²) in [6.45, 7) is 0.418. The van der Waals surface area contributed by atoms with Crippen molar-refractivity contribution in [1.82, 2.24) is 4.31 Å². The van der Waals surface area contributed by atoms with Crippen LogP contribution >= 0.6 is 23.2 Å². The van der Waals surface area contributed by atoms with Gasteiger partial charge in [0, 0.05) is 24.4 Å². The fraction of sp³-hybridized carbons (Fsp3) is 0.368. The third kappa shape index (κ3) is 2.80. The minimum Gasteiger partial charge on any atom is -0.207 e. The van der Waals surface area contributed by atoms with Crippen molar-refractivity contribution in [3.05, 3.63) is 65.7 Å². The number of benzene rings is 2. The van der Waals surface area contributed by atoms with Crippen molar-refractivity contribution in [2.24, 2.45) is 5.92 Å². The Morgan fingerprint density at radius 2 is 1.76 bits per heavy atom. The Morgan fingerprint density at radius 1 is 1.08 bits per heavy atom. The molecule has 1 heterocycles. The van der Waals surface area contributed by atoms with Crippen LogP contribution in [0.2, 0.25) is 0 Å². The Hall–Kier alpha value is -1.07. The lowest BCUT2D eigenvalue weighted by atomic mass is 9.86. The van der Waals surface area contributed by atoms with E-state index >= 15 is 0 Å². The average molecular weight is 396 g/mol. The molecule has 2 aromatic carbocycles. The van der Waals surface area contributed by atoms with Gasteiger partial charge in [-0.05, 0) is 35.6 Å². The van der Waals surface area contributed by atoms with E-state index in [1.54, 1.807) is 28.6 Å². The van der Waals surface area contributed by atoms with Crippen LogP contribution in [-0.4, -0.2) is 36.6 Å². The Balaban J connectivity index is 1.77. The second kappa shape index (κ2) is 6.58. The van der Waals surface area contributed by atoms with E-state index in [9.17, 15) is 8.42 Å². The molecule has 1 aliphatic carbocycles. The fourth-order valence-corrected chi connectivity index (χ4v) is 6.48. The van der Waals surface area contributed by atoms with Gasteiger partial charge in [0.15, 0.2) is 0 Å². The number of fused-ring (bicyclic) bond motifs is 3. The van der Waals surface area contributed by atoms with Gasteiger partial charge in [-0.25, -0.2) is 8.42 Å². The minimum atomic E-state index is -3.55. The number of halogens is 2. The molecule has 2 aliphatic rings. The second-order valence-electron chi connectivity index (χ2n) is 6.72. The molecule has 4 rings (SSSR count). The first-order chi connectivity index (χ1) is 12.0. The molecule has 1 fully saturated rings. The van der Waals surface area contributed by atoms with E-state index in [-0.39, 0.29) is 23.3 Å². The number of alkyl halides is 2. The van der Waals surface area contributed by atoms with Crippen LogP contribution in [0.1, 0.15) is 17.0 Å². The summed E-state index contributed by atoms with van der Waals surface area (Å²) in [7, 11) is -3.55. The third-order valence-electron chi connectivity index (χ3n) is 5.44. The number of nitrogens with zero attached hydrogens (tertiary/aromatic N) is 1. The molecular weight excluding hydrogens is 377 g/mol. The Labute approximate surface area is 158 Å². The molecule has 25 heavy (non-hydrogen) atoms. The van der Waals surface area contributed by atoms with Crippen LogP contribution in [0, 0.1) is 5.92 Å². The first-order valence-corrected chi connectivity index (χ1v) is 10.8. The molecule has 1 aliphatic heterocycles. The van der Waals surface area contributed by atoms with Crippen LogP contribution in [0.15, 0.2) is 59.5 Å². The molecule has 0 spiro atoms. The first kappa shape index (κ1) is 17.3. The molecule has 4 atom stereocenters. The lowest BCUT2D eigenvalue weighted by Crippen LogP contribution is -2.37. The van der Waals surface area contributed by atoms with Crippen LogP contribution in [0.4, 0.5) is 0 Å². The molecule has 6 heteroatoms. The predicted octanol–water partition coefficient (Wildman–Crippen LogP) is 3.86. The Kier molecular flexibility index (Phi) is 4.57.